The average molecular weight is 362 g/mol. The van der Waals surface area contributed by atoms with E-state index in [2.05, 4.69) is 9.47 Å². The molecular weight excluding hydrogens is 346 g/mol. The number of alkyl halides is 6. The Labute approximate surface area is 134 Å². The molecule has 0 saturated heterocycles. The summed E-state index contributed by atoms with van der Waals surface area (Å²) in [5, 5.41) is 0. The molecule has 0 heterocycles. The van der Waals surface area contributed by atoms with E-state index in [-0.39, 0.29) is 26.1 Å². The van der Waals surface area contributed by atoms with Crippen LogP contribution in [0.2, 0.25) is 0 Å². The molecule has 0 bridgehead atoms. The summed E-state index contributed by atoms with van der Waals surface area (Å²) in [6.45, 7) is -0.596. The Morgan fingerprint density at radius 3 is 1.29 bits per heavy atom. The first kappa shape index (κ1) is 22.0. The van der Waals surface area contributed by atoms with Gasteiger partial charge in [0.05, 0.1) is 26.1 Å². The van der Waals surface area contributed by atoms with Crippen LogP contribution in [-0.4, -0.2) is 37.5 Å². The molecule has 0 unspecified atom stereocenters. The van der Waals surface area contributed by atoms with E-state index in [9.17, 15) is 35.9 Å². The Morgan fingerprint density at radius 1 is 0.667 bits per heavy atom. The molecule has 24 heavy (non-hydrogen) atoms. The average Bonchev–Trinajstić information content (AvgIpc) is 2.43. The first-order valence-electron chi connectivity index (χ1n) is 6.78. The first-order valence-corrected chi connectivity index (χ1v) is 6.78. The second-order valence-corrected chi connectivity index (χ2v) is 4.43. The topological polar surface area (TPSA) is 52.6 Å². The van der Waals surface area contributed by atoms with Crippen molar-refractivity contribution >= 4 is 11.9 Å². The number of hydrogen-bond donors (Lipinski definition) is 0. The summed E-state index contributed by atoms with van der Waals surface area (Å²) >= 11 is 0. The molecule has 0 aromatic carbocycles. The van der Waals surface area contributed by atoms with E-state index in [0.717, 1.165) is 24.3 Å². The molecule has 0 N–H and O–H groups in total. The van der Waals surface area contributed by atoms with Crippen molar-refractivity contribution in [3.63, 3.8) is 0 Å². The summed E-state index contributed by atoms with van der Waals surface area (Å²) < 4.78 is 79.7. The highest BCUT2D eigenvalue weighted by Crippen LogP contribution is 2.20. The van der Waals surface area contributed by atoms with Gasteiger partial charge in [-0.2, -0.15) is 26.3 Å². The molecule has 0 rings (SSSR count). The van der Waals surface area contributed by atoms with Crippen molar-refractivity contribution in [2.75, 3.05) is 13.2 Å². The minimum atomic E-state index is -4.31. The SMILES string of the molecule is O=C(OCC/C=C/CC(F)(F)F)C(=O)OCC/C=C/CC(F)(F)F. The standard InChI is InChI=1S/C14H16F6O4/c15-13(16,17)7-3-1-5-9-23-11(21)12(22)24-10-6-2-4-8-14(18,19)20/h1-4H,5-10H2/b3-1+,4-2+. The molecule has 0 radical (unpaired) electrons. The van der Waals surface area contributed by atoms with Crippen LogP contribution in [-0.2, 0) is 19.1 Å². The first-order chi connectivity index (χ1) is 11.0. The molecule has 0 aliphatic carbocycles. The molecule has 0 aromatic heterocycles. The molecule has 10 heteroatoms. The number of carbonyl (C=O) groups excluding carboxylic acids is 2. The fourth-order valence-electron chi connectivity index (χ4n) is 1.23. The Balaban J connectivity index is 3.76. The molecule has 0 aliphatic heterocycles. The Bertz CT molecular complexity index is 409. The summed E-state index contributed by atoms with van der Waals surface area (Å²) in [6, 6.07) is 0. The summed E-state index contributed by atoms with van der Waals surface area (Å²) in [7, 11) is 0. The van der Waals surface area contributed by atoms with Crippen molar-refractivity contribution in [2.45, 2.75) is 38.0 Å². The molecule has 0 aromatic rings. The van der Waals surface area contributed by atoms with Gasteiger partial charge in [-0.3, -0.25) is 0 Å². The normalized spacial score (nSPS) is 12.8. The maximum Gasteiger partial charge on any atom is 0.417 e. The van der Waals surface area contributed by atoms with Gasteiger partial charge < -0.3 is 9.47 Å². The molecule has 0 saturated carbocycles. The molecule has 4 nitrogen and oxygen atoms in total. The quantitative estimate of drug-likeness (QED) is 0.216. The van der Waals surface area contributed by atoms with Gasteiger partial charge in [0, 0.05) is 0 Å². The second-order valence-electron chi connectivity index (χ2n) is 4.43. The van der Waals surface area contributed by atoms with Crippen LogP contribution in [0.1, 0.15) is 25.7 Å². The van der Waals surface area contributed by atoms with Gasteiger partial charge in [0.25, 0.3) is 0 Å². The van der Waals surface area contributed by atoms with Crippen LogP contribution in [0.5, 0.6) is 0 Å². The monoisotopic (exact) mass is 362 g/mol. The van der Waals surface area contributed by atoms with Crippen LogP contribution in [0, 0.1) is 0 Å². The maximum absolute atomic E-state index is 11.8. The van der Waals surface area contributed by atoms with E-state index in [4.69, 9.17) is 0 Å². The van der Waals surface area contributed by atoms with Crippen LogP contribution < -0.4 is 0 Å². The van der Waals surface area contributed by atoms with Gasteiger partial charge in [-0.1, -0.05) is 24.3 Å². The molecule has 0 amide bonds. The van der Waals surface area contributed by atoms with Crippen molar-refractivity contribution in [3.05, 3.63) is 24.3 Å². The lowest BCUT2D eigenvalue weighted by Crippen LogP contribution is -2.21. The third-order valence-electron chi connectivity index (χ3n) is 2.23. The van der Waals surface area contributed by atoms with Crippen LogP contribution in [0.15, 0.2) is 24.3 Å². The predicted molar refractivity (Wildman–Crippen MR) is 70.8 cm³/mol. The Kier molecular flexibility index (Phi) is 9.82. The van der Waals surface area contributed by atoms with E-state index in [1.165, 1.54) is 0 Å². The van der Waals surface area contributed by atoms with Crippen LogP contribution in [0.3, 0.4) is 0 Å². The lowest BCUT2D eigenvalue weighted by molar-refractivity contribution is -0.167. The minimum Gasteiger partial charge on any atom is -0.457 e. The third-order valence-corrected chi connectivity index (χ3v) is 2.23. The van der Waals surface area contributed by atoms with Crippen molar-refractivity contribution in [1.82, 2.24) is 0 Å². The fraction of sp³-hybridized carbons (Fsp3) is 0.571. The third kappa shape index (κ3) is 14.9. The highest BCUT2D eigenvalue weighted by molar-refractivity contribution is 6.29. The molecular formula is C14H16F6O4. The van der Waals surface area contributed by atoms with Crippen LogP contribution in [0.4, 0.5) is 26.3 Å². The Morgan fingerprint density at radius 2 is 1.00 bits per heavy atom. The summed E-state index contributed by atoms with van der Waals surface area (Å²) in [4.78, 5) is 22.2. The van der Waals surface area contributed by atoms with Crippen molar-refractivity contribution in [2.24, 2.45) is 0 Å². The molecule has 0 spiro atoms. The van der Waals surface area contributed by atoms with E-state index in [0.29, 0.717) is 0 Å². The van der Waals surface area contributed by atoms with Gasteiger partial charge in [0.2, 0.25) is 0 Å². The smallest absolute Gasteiger partial charge is 0.417 e. The number of esters is 2. The van der Waals surface area contributed by atoms with Crippen molar-refractivity contribution < 1.29 is 45.4 Å². The van der Waals surface area contributed by atoms with Gasteiger partial charge in [0.15, 0.2) is 0 Å². The Hall–Kier alpha value is -2.00. The summed E-state index contributed by atoms with van der Waals surface area (Å²) in [6.07, 6.45) is -6.83. The van der Waals surface area contributed by atoms with Gasteiger partial charge in [0.1, 0.15) is 0 Å². The lowest BCUT2D eigenvalue weighted by atomic mass is 10.3. The zero-order chi connectivity index (χ0) is 18.6. The van der Waals surface area contributed by atoms with Gasteiger partial charge in [-0.15, -0.1) is 0 Å². The van der Waals surface area contributed by atoms with Crippen LogP contribution in [0.25, 0.3) is 0 Å². The number of carbonyl (C=O) groups is 2. The maximum atomic E-state index is 11.8. The van der Waals surface area contributed by atoms with Crippen molar-refractivity contribution in [1.29, 1.82) is 0 Å². The van der Waals surface area contributed by atoms with Gasteiger partial charge in [-0.05, 0) is 12.8 Å². The van der Waals surface area contributed by atoms with E-state index < -0.39 is 37.1 Å². The number of halogens is 6. The fourth-order valence-corrected chi connectivity index (χ4v) is 1.23. The number of hydrogen-bond acceptors (Lipinski definition) is 4. The lowest BCUT2D eigenvalue weighted by Gasteiger charge is -2.04. The van der Waals surface area contributed by atoms with Gasteiger partial charge in [-0.25, -0.2) is 9.59 Å². The molecule has 0 aliphatic rings. The van der Waals surface area contributed by atoms with E-state index in [1.807, 2.05) is 0 Å². The zero-order valence-corrected chi connectivity index (χ0v) is 12.5. The molecule has 138 valence electrons. The summed E-state index contributed by atoms with van der Waals surface area (Å²) in [5.74, 6) is -2.64. The second kappa shape index (κ2) is 10.7. The number of allylic oxidation sites excluding steroid dienone is 2. The number of rotatable bonds is 8. The van der Waals surface area contributed by atoms with Crippen molar-refractivity contribution in [3.8, 4) is 0 Å². The molecule has 0 fully saturated rings. The predicted octanol–water partition coefficient (Wildman–Crippen LogP) is 3.87. The highest BCUT2D eigenvalue weighted by atomic mass is 19.4. The van der Waals surface area contributed by atoms with E-state index >= 15 is 0 Å². The number of ether oxygens (including phenoxy) is 2. The van der Waals surface area contributed by atoms with Gasteiger partial charge >= 0.3 is 24.3 Å². The summed E-state index contributed by atoms with van der Waals surface area (Å²) in [5.41, 5.74) is 0. The minimum absolute atomic E-state index is 0.00468. The largest absolute Gasteiger partial charge is 0.457 e. The zero-order valence-electron chi connectivity index (χ0n) is 12.5. The van der Waals surface area contributed by atoms with Crippen LogP contribution >= 0.6 is 0 Å². The molecule has 0 atom stereocenters. The van der Waals surface area contributed by atoms with E-state index in [1.54, 1.807) is 0 Å². The highest BCUT2D eigenvalue weighted by Gasteiger charge is 2.25.